The van der Waals surface area contributed by atoms with Crippen molar-refractivity contribution in [2.75, 3.05) is 21.3 Å². The Balaban J connectivity index is 2.01. The molecule has 0 atom stereocenters. The van der Waals surface area contributed by atoms with Crippen molar-refractivity contribution in [2.24, 2.45) is 10.1 Å². The molecule has 1 heterocycles. The summed E-state index contributed by atoms with van der Waals surface area (Å²) in [6.45, 7) is 0. The summed E-state index contributed by atoms with van der Waals surface area (Å²) in [6.07, 6.45) is 1.78. The van der Waals surface area contributed by atoms with Gasteiger partial charge in [0, 0.05) is 22.5 Å². The molecule has 0 aliphatic carbocycles. The van der Waals surface area contributed by atoms with Crippen molar-refractivity contribution >= 4 is 33.5 Å². The first-order valence-corrected chi connectivity index (χ1v) is 9.49. The number of methoxy groups -OCH3 is 2. The first kappa shape index (κ1) is 18.4. The monoisotopic (exact) mass is 431 g/mol. The molecule has 0 aliphatic heterocycles. The van der Waals surface area contributed by atoms with Crippen LogP contribution in [0.25, 0.3) is 11.3 Å². The smallest absolute Gasteiger partial charge is 0.205 e. The van der Waals surface area contributed by atoms with E-state index in [1.54, 1.807) is 38.8 Å². The molecule has 0 radical (unpaired) electrons. The van der Waals surface area contributed by atoms with Crippen LogP contribution in [0.3, 0.4) is 0 Å². The van der Waals surface area contributed by atoms with Gasteiger partial charge in [0.05, 0.1) is 26.1 Å². The van der Waals surface area contributed by atoms with E-state index in [0.717, 1.165) is 26.1 Å². The SMILES string of the molecule is CN=c1scc(-c2ccc(Br)cc2)n1N=Cc1ccc(OC)c(OC)c1. The van der Waals surface area contributed by atoms with E-state index in [-0.39, 0.29) is 0 Å². The molecule has 3 aromatic rings. The Bertz CT molecular complexity index is 991. The number of nitrogens with zero attached hydrogens (tertiary/aromatic N) is 3. The molecule has 1 aromatic heterocycles. The highest BCUT2D eigenvalue weighted by Gasteiger charge is 2.08. The Morgan fingerprint density at radius 3 is 2.42 bits per heavy atom. The van der Waals surface area contributed by atoms with Gasteiger partial charge in [-0.2, -0.15) is 5.10 Å². The molecule has 0 spiro atoms. The molecule has 2 aromatic carbocycles. The van der Waals surface area contributed by atoms with Crippen molar-refractivity contribution in [2.45, 2.75) is 0 Å². The molecule has 0 saturated carbocycles. The number of ether oxygens (including phenoxy) is 2. The lowest BCUT2D eigenvalue weighted by Crippen LogP contribution is -2.11. The molecule has 0 unspecified atom stereocenters. The molecule has 134 valence electrons. The second-order valence-corrected chi connectivity index (χ2v) is 7.06. The molecule has 26 heavy (non-hydrogen) atoms. The van der Waals surface area contributed by atoms with Gasteiger partial charge in [0.1, 0.15) is 0 Å². The van der Waals surface area contributed by atoms with Crippen LogP contribution >= 0.6 is 27.3 Å². The van der Waals surface area contributed by atoms with Gasteiger partial charge in [0.2, 0.25) is 4.80 Å². The highest BCUT2D eigenvalue weighted by molar-refractivity contribution is 9.10. The maximum Gasteiger partial charge on any atom is 0.205 e. The molecule has 0 amide bonds. The van der Waals surface area contributed by atoms with E-state index in [4.69, 9.17) is 9.47 Å². The summed E-state index contributed by atoms with van der Waals surface area (Å²) in [5.74, 6) is 1.35. The van der Waals surface area contributed by atoms with Gasteiger partial charge < -0.3 is 9.47 Å². The fraction of sp³-hybridized carbons (Fsp3) is 0.158. The van der Waals surface area contributed by atoms with Crippen LogP contribution in [0.5, 0.6) is 11.5 Å². The molecule has 0 saturated heterocycles. The first-order valence-electron chi connectivity index (χ1n) is 7.82. The Kier molecular flexibility index (Phi) is 5.90. The molecule has 5 nitrogen and oxygen atoms in total. The van der Waals surface area contributed by atoms with Gasteiger partial charge in [-0.25, -0.2) is 4.68 Å². The van der Waals surface area contributed by atoms with Crippen LogP contribution in [0, 0.1) is 0 Å². The van der Waals surface area contributed by atoms with Crippen LogP contribution in [0.2, 0.25) is 0 Å². The average molecular weight is 432 g/mol. The molecule has 3 rings (SSSR count). The molecule has 0 fully saturated rings. The molecule has 0 N–H and O–H groups in total. The largest absolute Gasteiger partial charge is 0.493 e. The minimum absolute atomic E-state index is 0.667. The Labute approximate surface area is 164 Å². The summed E-state index contributed by atoms with van der Waals surface area (Å²) in [5.41, 5.74) is 2.97. The Morgan fingerprint density at radius 1 is 1.04 bits per heavy atom. The van der Waals surface area contributed by atoms with Crippen molar-refractivity contribution in [3.8, 4) is 22.8 Å². The lowest BCUT2D eigenvalue weighted by atomic mass is 10.2. The number of thiazole rings is 1. The fourth-order valence-corrected chi connectivity index (χ4v) is 3.51. The van der Waals surface area contributed by atoms with E-state index >= 15 is 0 Å². The Morgan fingerprint density at radius 2 is 1.77 bits per heavy atom. The third-order valence-electron chi connectivity index (χ3n) is 3.75. The number of rotatable bonds is 5. The summed E-state index contributed by atoms with van der Waals surface area (Å²) in [6, 6.07) is 13.8. The van der Waals surface area contributed by atoms with E-state index in [9.17, 15) is 0 Å². The highest BCUT2D eigenvalue weighted by Crippen LogP contribution is 2.27. The van der Waals surface area contributed by atoms with Crippen LogP contribution in [-0.2, 0) is 0 Å². The van der Waals surface area contributed by atoms with Crippen molar-refractivity contribution in [3.63, 3.8) is 0 Å². The third-order valence-corrected chi connectivity index (χ3v) is 5.18. The van der Waals surface area contributed by atoms with Crippen LogP contribution in [-0.4, -0.2) is 32.2 Å². The molecule has 0 aliphatic rings. The summed E-state index contributed by atoms with van der Waals surface area (Å²) in [7, 11) is 5.00. The van der Waals surface area contributed by atoms with Crippen LogP contribution < -0.4 is 14.3 Å². The topological polar surface area (TPSA) is 48.1 Å². The van der Waals surface area contributed by atoms with Crippen molar-refractivity contribution in [3.05, 3.63) is 62.7 Å². The maximum absolute atomic E-state index is 5.35. The predicted octanol–water partition coefficient (Wildman–Crippen LogP) is 4.41. The van der Waals surface area contributed by atoms with Gasteiger partial charge in [-0.3, -0.25) is 4.99 Å². The van der Waals surface area contributed by atoms with E-state index in [0.29, 0.717) is 11.5 Å². The van der Waals surface area contributed by atoms with Gasteiger partial charge in [-0.05, 0) is 35.9 Å². The van der Waals surface area contributed by atoms with Crippen LogP contribution in [0.1, 0.15) is 5.56 Å². The zero-order valence-electron chi connectivity index (χ0n) is 14.6. The lowest BCUT2D eigenvalue weighted by molar-refractivity contribution is 0.355. The van der Waals surface area contributed by atoms with Gasteiger partial charge in [-0.15, -0.1) is 11.3 Å². The Hall–Kier alpha value is -2.38. The van der Waals surface area contributed by atoms with Gasteiger partial charge in [0.15, 0.2) is 11.5 Å². The summed E-state index contributed by atoms with van der Waals surface area (Å²) >= 11 is 5.02. The minimum Gasteiger partial charge on any atom is -0.493 e. The second-order valence-electron chi connectivity index (χ2n) is 5.30. The molecule has 0 bridgehead atoms. The van der Waals surface area contributed by atoms with E-state index in [2.05, 4.69) is 31.4 Å². The quantitative estimate of drug-likeness (QED) is 0.561. The number of hydrogen-bond donors (Lipinski definition) is 0. The predicted molar refractivity (Wildman–Crippen MR) is 109 cm³/mol. The average Bonchev–Trinajstić information content (AvgIpc) is 3.09. The van der Waals surface area contributed by atoms with Crippen molar-refractivity contribution < 1.29 is 9.47 Å². The fourth-order valence-electron chi connectivity index (χ4n) is 2.44. The zero-order chi connectivity index (χ0) is 18.5. The van der Waals surface area contributed by atoms with Gasteiger partial charge >= 0.3 is 0 Å². The highest BCUT2D eigenvalue weighted by atomic mass is 79.9. The van der Waals surface area contributed by atoms with Gasteiger partial charge in [0.25, 0.3) is 0 Å². The third kappa shape index (κ3) is 3.89. The summed E-state index contributed by atoms with van der Waals surface area (Å²) in [4.78, 5) is 5.14. The van der Waals surface area contributed by atoms with Crippen molar-refractivity contribution in [1.29, 1.82) is 0 Å². The molecular weight excluding hydrogens is 414 g/mol. The second kappa shape index (κ2) is 8.33. The van der Waals surface area contributed by atoms with E-state index in [1.165, 1.54) is 0 Å². The number of hydrogen-bond acceptors (Lipinski definition) is 5. The van der Waals surface area contributed by atoms with Crippen LogP contribution in [0.15, 0.2) is 62.4 Å². The van der Waals surface area contributed by atoms with Crippen molar-refractivity contribution in [1.82, 2.24) is 4.68 Å². The molecule has 7 heteroatoms. The van der Waals surface area contributed by atoms with E-state index in [1.807, 2.05) is 47.1 Å². The maximum atomic E-state index is 5.35. The van der Waals surface area contributed by atoms with Gasteiger partial charge in [-0.1, -0.05) is 28.1 Å². The summed E-state index contributed by atoms with van der Waals surface area (Å²) < 4.78 is 13.5. The van der Waals surface area contributed by atoms with E-state index < -0.39 is 0 Å². The molecular formula is C19H18BrN3O2S. The lowest BCUT2D eigenvalue weighted by Gasteiger charge is -2.07. The minimum atomic E-state index is 0.667. The normalized spacial score (nSPS) is 11.9. The first-order chi connectivity index (χ1) is 12.7. The van der Waals surface area contributed by atoms with Crippen LogP contribution in [0.4, 0.5) is 0 Å². The zero-order valence-corrected chi connectivity index (χ0v) is 17.0. The number of halogens is 1. The number of aromatic nitrogens is 1. The summed E-state index contributed by atoms with van der Waals surface area (Å²) in [5, 5.41) is 6.69. The standard InChI is InChI=1S/C19H18BrN3O2S/c1-21-19-23(16(12-26-19)14-5-7-15(20)8-6-14)22-11-13-4-9-17(24-2)18(10-13)25-3/h4-12H,1-3H3. The number of benzene rings is 2.